The van der Waals surface area contributed by atoms with Crippen molar-refractivity contribution in [2.45, 2.75) is 66.2 Å². The summed E-state index contributed by atoms with van der Waals surface area (Å²) in [5, 5.41) is 10.3. The molecule has 0 unspecified atom stereocenters. The third-order valence-corrected chi connectivity index (χ3v) is 6.45. The highest BCUT2D eigenvalue weighted by Crippen LogP contribution is 2.25. The van der Waals surface area contributed by atoms with E-state index >= 15 is 0 Å². The van der Waals surface area contributed by atoms with Crippen LogP contribution in [0, 0.1) is 19.7 Å². The van der Waals surface area contributed by atoms with Crippen LogP contribution >= 0.6 is 11.6 Å². The van der Waals surface area contributed by atoms with E-state index in [1.807, 2.05) is 40.7 Å². The molecule has 0 bridgehead atoms. The molecule has 1 atom stereocenters. The molecule has 2 heterocycles. The fraction of sp³-hybridized carbons (Fsp3) is 0.500. The van der Waals surface area contributed by atoms with E-state index in [2.05, 4.69) is 4.90 Å². The van der Waals surface area contributed by atoms with Gasteiger partial charge >= 0.3 is 6.09 Å². The van der Waals surface area contributed by atoms with Gasteiger partial charge in [0.25, 0.3) is 5.69 Å². The lowest BCUT2D eigenvalue weighted by molar-refractivity contribution is -0.909. The number of ketones is 1. The zero-order chi connectivity index (χ0) is 26.1. The molecular formula is C26H34ClFN3O4+. The number of benzene rings is 1. The molecule has 9 heteroatoms. The summed E-state index contributed by atoms with van der Waals surface area (Å²) in [7, 11) is 0. The molecule has 1 aromatic carbocycles. The molecule has 1 amide bonds. The van der Waals surface area contributed by atoms with Crippen LogP contribution in [-0.4, -0.2) is 58.2 Å². The fourth-order valence-electron chi connectivity index (χ4n) is 4.20. The van der Waals surface area contributed by atoms with E-state index in [4.69, 9.17) is 16.3 Å². The molecule has 0 aliphatic carbocycles. The molecule has 1 N–H and O–H groups in total. The van der Waals surface area contributed by atoms with Crippen molar-refractivity contribution in [2.24, 2.45) is 0 Å². The maximum absolute atomic E-state index is 14.0. The molecule has 7 nitrogen and oxygen atoms in total. The van der Waals surface area contributed by atoms with Gasteiger partial charge in [-0.3, -0.25) is 14.9 Å². The molecule has 2 aromatic rings. The van der Waals surface area contributed by atoms with Crippen molar-refractivity contribution in [3.63, 3.8) is 0 Å². The molecule has 1 saturated heterocycles. The first-order valence-electron chi connectivity index (χ1n) is 11.7. The summed E-state index contributed by atoms with van der Waals surface area (Å²) in [6.45, 7) is 13.5. The van der Waals surface area contributed by atoms with Gasteiger partial charge < -0.3 is 9.64 Å². The Kier molecular flexibility index (Phi) is 8.07. The highest BCUT2D eigenvalue weighted by molar-refractivity contribution is 6.30. The van der Waals surface area contributed by atoms with E-state index in [1.54, 1.807) is 11.0 Å². The van der Waals surface area contributed by atoms with Gasteiger partial charge in [0.05, 0.1) is 5.56 Å². The maximum Gasteiger partial charge on any atom is 0.410 e. The van der Waals surface area contributed by atoms with Crippen LogP contribution in [0.1, 0.15) is 60.4 Å². The average molecular weight is 507 g/mol. The number of amides is 1. The predicted molar refractivity (Wildman–Crippen MR) is 130 cm³/mol. The van der Waals surface area contributed by atoms with Crippen molar-refractivity contribution in [2.75, 3.05) is 19.6 Å². The van der Waals surface area contributed by atoms with E-state index < -0.39 is 11.4 Å². The summed E-state index contributed by atoms with van der Waals surface area (Å²) in [5.74, 6) is -0.968. The third-order valence-electron chi connectivity index (χ3n) is 6.23. The van der Waals surface area contributed by atoms with Crippen LogP contribution in [0.3, 0.4) is 0 Å². The first kappa shape index (κ1) is 26.9. The van der Waals surface area contributed by atoms with E-state index in [0.717, 1.165) is 22.8 Å². The Morgan fingerprint density at radius 2 is 1.86 bits per heavy atom. The SMILES string of the molecule is Cc1c(CC(=O)c2cc(F)c(C)[n+](O)c2)cc(Cl)cc1CN1CCN(C(=O)OC(C)(C)C)[C@@H](C)C1. The third kappa shape index (κ3) is 6.70. The molecule has 190 valence electrons. The second-order valence-electron chi connectivity index (χ2n) is 10.2. The molecule has 0 radical (unpaired) electrons. The first-order valence-corrected chi connectivity index (χ1v) is 12.1. The van der Waals surface area contributed by atoms with Crippen molar-refractivity contribution in [3.05, 3.63) is 63.2 Å². The molecule has 0 saturated carbocycles. The summed E-state index contributed by atoms with van der Waals surface area (Å²) in [6.07, 6.45) is 0.943. The smallest absolute Gasteiger partial charge is 0.410 e. The normalized spacial score (nSPS) is 16.9. The van der Waals surface area contributed by atoms with Crippen LogP contribution < -0.4 is 4.73 Å². The number of pyridine rings is 1. The van der Waals surface area contributed by atoms with E-state index in [0.29, 0.717) is 35.9 Å². The van der Waals surface area contributed by atoms with Gasteiger partial charge in [0.1, 0.15) is 5.60 Å². The lowest BCUT2D eigenvalue weighted by Crippen LogP contribution is -2.54. The monoisotopic (exact) mass is 506 g/mol. The van der Waals surface area contributed by atoms with Crippen LogP contribution in [0.2, 0.25) is 5.02 Å². The quantitative estimate of drug-likeness (QED) is 0.367. The van der Waals surface area contributed by atoms with Crippen molar-refractivity contribution in [1.82, 2.24) is 9.80 Å². The molecule has 3 rings (SSSR count). The number of Topliss-reactive ketones (excluding diaryl/α,β-unsaturated/α-hetero) is 1. The van der Waals surface area contributed by atoms with Gasteiger partial charge in [-0.1, -0.05) is 11.6 Å². The minimum Gasteiger partial charge on any atom is -0.444 e. The Labute approximate surface area is 211 Å². The molecule has 35 heavy (non-hydrogen) atoms. The zero-order valence-corrected chi connectivity index (χ0v) is 21.9. The number of hydrogen-bond donors (Lipinski definition) is 1. The Balaban J connectivity index is 1.72. The topological polar surface area (TPSA) is 74.0 Å². The number of carbonyl (C=O) groups is 2. The lowest BCUT2D eigenvalue weighted by atomic mass is 9.96. The van der Waals surface area contributed by atoms with Gasteiger partial charge in [0.15, 0.2) is 11.6 Å². The molecule has 0 spiro atoms. The van der Waals surface area contributed by atoms with Gasteiger partial charge in [-0.25, -0.2) is 4.79 Å². The number of halogens is 2. The number of carbonyl (C=O) groups excluding carboxylic acids is 2. The van der Waals surface area contributed by atoms with Gasteiger partial charge in [-0.05, 0) is 69.5 Å². The summed E-state index contributed by atoms with van der Waals surface area (Å²) >= 11 is 6.39. The Hall–Kier alpha value is -2.71. The number of ether oxygens (including phenoxy) is 1. The minimum absolute atomic E-state index is 0.0132. The number of piperazine rings is 1. The van der Waals surface area contributed by atoms with E-state index in [-0.39, 0.29) is 35.6 Å². The van der Waals surface area contributed by atoms with Crippen LogP contribution in [0.15, 0.2) is 24.4 Å². The second kappa shape index (κ2) is 10.5. The number of nitrogens with zero attached hydrogens (tertiary/aromatic N) is 3. The summed E-state index contributed by atoms with van der Waals surface area (Å²) < 4.78 is 20.2. The minimum atomic E-state index is -0.651. The van der Waals surface area contributed by atoms with Crippen molar-refractivity contribution >= 4 is 23.5 Å². The van der Waals surface area contributed by atoms with Gasteiger partial charge in [-0.15, -0.1) is 0 Å². The number of rotatable bonds is 5. The Morgan fingerprint density at radius 3 is 2.46 bits per heavy atom. The fourth-order valence-corrected chi connectivity index (χ4v) is 4.46. The van der Waals surface area contributed by atoms with Crippen molar-refractivity contribution in [3.8, 4) is 0 Å². The molecule has 1 aliphatic rings. The Bertz CT molecular complexity index is 1110. The standard InChI is InChI=1S/C26H34ClFN3O4/c1-16-13-29(7-8-30(16)25(33)35-26(4,5)6)14-20-10-22(27)9-19(17(20)2)12-24(32)21-11-23(28)18(3)31(34)15-21/h9-11,15-16,34H,7-8,12-14H2,1-6H3/q+1/t16-/m0/s1. The second-order valence-corrected chi connectivity index (χ2v) is 10.6. The van der Waals surface area contributed by atoms with E-state index in [9.17, 15) is 19.2 Å². The van der Waals surface area contributed by atoms with Crippen molar-refractivity contribution < 1.29 is 28.7 Å². The van der Waals surface area contributed by atoms with Crippen LogP contribution in [0.4, 0.5) is 9.18 Å². The van der Waals surface area contributed by atoms with Crippen molar-refractivity contribution in [1.29, 1.82) is 0 Å². The molecule has 1 aliphatic heterocycles. The highest BCUT2D eigenvalue weighted by Gasteiger charge is 2.31. The summed E-state index contributed by atoms with van der Waals surface area (Å²) in [6, 6.07) is 4.76. The largest absolute Gasteiger partial charge is 0.444 e. The van der Waals surface area contributed by atoms with Crippen LogP contribution in [-0.2, 0) is 17.7 Å². The lowest BCUT2D eigenvalue weighted by Gasteiger charge is -2.40. The first-order chi connectivity index (χ1) is 16.2. The van der Waals surface area contributed by atoms with E-state index in [1.165, 1.54) is 13.1 Å². The molecule has 1 aromatic heterocycles. The molecule has 1 fully saturated rings. The molecular weight excluding hydrogens is 473 g/mol. The van der Waals surface area contributed by atoms with Gasteiger partial charge in [0.2, 0.25) is 6.20 Å². The summed E-state index contributed by atoms with van der Waals surface area (Å²) in [4.78, 5) is 29.4. The predicted octanol–water partition coefficient (Wildman–Crippen LogP) is 4.49. The van der Waals surface area contributed by atoms with Gasteiger partial charge in [-0.2, -0.15) is 4.39 Å². The number of aromatic nitrogens is 1. The Morgan fingerprint density at radius 1 is 1.20 bits per heavy atom. The highest BCUT2D eigenvalue weighted by atomic mass is 35.5. The van der Waals surface area contributed by atoms with Gasteiger partial charge in [0, 0.05) is 55.3 Å². The maximum atomic E-state index is 14.0. The average Bonchev–Trinajstić information content (AvgIpc) is 2.73. The van der Waals surface area contributed by atoms with Crippen LogP contribution in [0.25, 0.3) is 0 Å². The van der Waals surface area contributed by atoms with Crippen LogP contribution in [0.5, 0.6) is 0 Å². The summed E-state index contributed by atoms with van der Waals surface area (Å²) in [5.41, 5.74) is 2.26. The zero-order valence-electron chi connectivity index (χ0n) is 21.2. The number of hydrogen-bond acceptors (Lipinski definition) is 5.